The van der Waals surface area contributed by atoms with E-state index in [2.05, 4.69) is 15.0 Å². The molecule has 27 heavy (non-hydrogen) atoms. The second-order valence-electron chi connectivity index (χ2n) is 5.30. The number of nitrogens with zero attached hydrogens (tertiary/aromatic N) is 1. The number of benzene rings is 1. The Bertz CT molecular complexity index is 832. The highest BCUT2D eigenvalue weighted by Gasteiger charge is 2.14. The Morgan fingerprint density at radius 1 is 1.22 bits per heavy atom. The largest absolute Gasteiger partial charge is 0.455 e. The van der Waals surface area contributed by atoms with Crippen LogP contribution in [0.4, 0.5) is 14.6 Å². The van der Waals surface area contributed by atoms with Crippen LogP contribution in [0.3, 0.4) is 0 Å². The van der Waals surface area contributed by atoms with Gasteiger partial charge in [-0.05, 0) is 30.2 Å². The number of pyridine rings is 1. The van der Waals surface area contributed by atoms with Crippen LogP contribution >= 0.6 is 23.2 Å². The molecular weight excluding hydrogens is 405 g/mol. The van der Waals surface area contributed by atoms with Gasteiger partial charge >= 0.3 is 12.6 Å². The van der Waals surface area contributed by atoms with E-state index < -0.39 is 25.1 Å². The van der Waals surface area contributed by atoms with Crippen molar-refractivity contribution >= 4 is 40.9 Å². The van der Waals surface area contributed by atoms with E-state index in [1.54, 1.807) is 6.92 Å². The van der Waals surface area contributed by atoms with Crippen LogP contribution < -0.4 is 10.1 Å². The van der Waals surface area contributed by atoms with Gasteiger partial charge in [-0.25, -0.2) is 4.98 Å². The van der Waals surface area contributed by atoms with E-state index in [0.717, 1.165) is 0 Å². The number of amides is 1. The molecule has 1 N–H and O–H groups in total. The van der Waals surface area contributed by atoms with E-state index in [9.17, 15) is 18.4 Å². The molecule has 1 aromatic heterocycles. The number of halogens is 4. The molecule has 0 bridgehead atoms. The van der Waals surface area contributed by atoms with Crippen LogP contribution in [0, 0.1) is 6.92 Å². The number of aromatic nitrogens is 1. The summed E-state index contributed by atoms with van der Waals surface area (Å²) in [5.74, 6) is -1.21. The highest BCUT2D eigenvalue weighted by atomic mass is 35.5. The van der Waals surface area contributed by atoms with Crippen LogP contribution in [0.15, 0.2) is 30.5 Å². The summed E-state index contributed by atoms with van der Waals surface area (Å²) < 4.78 is 33.2. The molecule has 0 atom stereocenters. The van der Waals surface area contributed by atoms with E-state index in [1.165, 1.54) is 30.5 Å². The van der Waals surface area contributed by atoms with Crippen LogP contribution in [0.1, 0.15) is 11.1 Å². The number of rotatable bonds is 7. The van der Waals surface area contributed by atoms with Crippen LogP contribution in [0.5, 0.6) is 5.75 Å². The van der Waals surface area contributed by atoms with E-state index in [1.807, 2.05) is 0 Å². The molecule has 0 unspecified atom stereocenters. The fourth-order valence-corrected chi connectivity index (χ4v) is 2.35. The molecule has 2 aromatic rings. The van der Waals surface area contributed by atoms with Crippen molar-refractivity contribution in [2.24, 2.45) is 0 Å². The molecule has 2 rings (SSSR count). The van der Waals surface area contributed by atoms with Gasteiger partial charge in [0.15, 0.2) is 12.4 Å². The summed E-state index contributed by atoms with van der Waals surface area (Å²) in [5.41, 5.74) is 1.07. The van der Waals surface area contributed by atoms with E-state index in [0.29, 0.717) is 16.1 Å². The number of ether oxygens (including phenoxy) is 2. The second kappa shape index (κ2) is 9.48. The van der Waals surface area contributed by atoms with Gasteiger partial charge in [-0.3, -0.25) is 9.59 Å². The predicted octanol–water partition coefficient (Wildman–Crippen LogP) is 4.02. The summed E-state index contributed by atoms with van der Waals surface area (Å²) in [4.78, 5) is 27.5. The summed E-state index contributed by atoms with van der Waals surface area (Å²) in [6.07, 6.45) is 1.20. The number of carbonyl (C=O) groups is 2. The van der Waals surface area contributed by atoms with Crippen molar-refractivity contribution in [2.45, 2.75) is 20.0 Å². The average Bonchev–Trinajstić information content (AvgIpc) is 2.62. The number of carbonyl (C=O) groups excluding carboxylic acids is 2. The van der Waals surface area contributed by atoms with Gasteiger partial charge in [0.25, 0.3) is 5.91 Å². The Morgan fingerprint density at radius 3 is 2.52 bits per heavy atom. The number of anilines is 1. The zero-order chi connectivity index (χ0) is 20.0. The first-order valence-electron chi connectivity index (χ1n) is 7.56. The fraction of sp³-hybridized carbons (Fsp3) is 0.235. The standard InChI is InChI=1S/C17H14Cl2F2N2O4/c1-9-12(18)7-22-16(15(9)19)23-13(24)8-26-14(25)6-10-2-4-11(5-3-10)27-17(20)21/h2-5,7,17H,6,8H2,1H3,(H,22,23,24). The molecule has 1 amide bonds. The van der Waals surface area contributed by atoms with Gasteiger partial charge in [-0.2, -0.15) is 8.78 Å². The van der Waals surface area contributed by atoms with Crippen molar-refractivity contribution in [3.8, 4) is 5.75 Å². The Balaban J connectivity index is 1.83. The SMILES string of the molecule is Cc1c(Cl)cnc(NC(=O)COC(=O)Cc2ccc(OC(F)F)cc2)c1Cl. The lowest BCUT2D eigenvalue weighted by Crippen LogP contribution is -2.22. The molecule has 1 aromatic carbocycles. The number of hydrogen-bond acceptors (Lipinski definition) is 5. The van der Waals surface area contributed by atoms with Crippen molar-refractivity contribution in [3.63, 3.8) is 0 Å². The molecule has 6 nitrogen and oxygen atoms in total. The van der Waals surface area contributed by atoms with Gasteiger partial charge in [0.1, 0.15) is 5.75 Å². The number of alkyl halides is 2. The molecule has 0 spiro atoms. The minimum atomic E-state index is -2.92. The third kappa shape index (κ3) is 6.33. The maximum atomic E-state index is 12.1. The lowest BCUT2D eigenvalue weighted by molar-refractivity contribution is -0.146. The highest BCUT2D eigenvalue weighted by Crippen LogP contribution is 2.28. The van der Waals surface area contributed by atoms with E-state index in [-0.39, 0.29) is 23.0 Å². The van der Waals surface area contributed by atoms with Crippen LogP contribution in [-0.4, -0.2) is 30.1 Å². The summed E-state index contributed by atoms with van der Waals surface area (Å²) in [7, 11) is 0. The number of hydrogen-bond donors (Lipinski definition) is 1. The zero-order valence-electron chi connectivity index (χ0n) is 14.0. The van der Waals surface area contributed by atoms with Crippen LogP contribution in [0.25, 0.3) is 0 Å². The normalized spacial score (nSPS) is 10.6. The fourth-order valence-electron chi connectivity index (χ4n) is 1.96. The molecule has 0 aliphatic heterocycles. The summed E-state index contributed by atoms with van der Waals surface area (Å²) in [5, 5.41) is 2.96. The zero-order valence-corrected chi connectivity index (χ0v) is 15.5. The Hall–Kier alpha value is -2.45. The minimum Gasteiger partial charge on any atom is -0.455 e. The second-order valence-corrected chi connectivity index (χ2v) is 6.09. The van der Waals surface area contributed by atoms with Gasteiger partial charge in [0.2, 0.25) is 0 Å². The van der Waals surface area contributed by atoms with E-state index >= 15 is 0 Å². The van der Waals surface area contributed by atoms with Gasteiger partial charge in [-0.15, -0.1) is 0 Å². The molecule has 10 heteroatoms. The van der Waals surface area contributed by atoms with Gasteiger partial charge in [0, 0.05) is 6.20 Å². The average molecular weight is 419 g/mol. The molecule has 144 valence electrons. The lowest BCUT2D eigenvalue weighted by atomic mass is 10.1. The van der Waals surface area contributed by atoms with Crippen LogP contribution in [0.2, 0.25) is 10.0 Å². The minimum absolute atomic E-state index is 0.0240. The highest BCUT2D eigenvalue weighted by molar-refractivity contribution is 6.37. The predicted molar refractivity (Wildman–Crippen MR) is 95.4 cm³/mol. The lowest BCUT2D eigenvalue weighted by Gasteiger charge is -2.09. The first-order valence-corrected chi connectivity index (χ1v) is 8.31. The van der Waals surface area contributed by atoms with Gasteiger partial charge in [0.05, 0.1) is 16.5 Å². The van der Waals surface area contributed by atoms with Gasteiger partial charge < -0.3 is 14.8 Å². The Morgan fingerprint density at radius 2 is 1.89 bits per heavy atom. The first kappa shape index (κ1) is 20.9. The molecule has 0 fully saturated rings. The monoisotopic (exact) mass is 418 g/mol. The Labute approximate surface area is 163 Å². The van der Waals surface area contributed by atoms with Crippen molar-refractivity contribution in [1.82, 2.24) is 4.98 Å². The maximum absolute atomic E-state index is 12.1. The van der Waals surface area contributed by atoms with Crippen molar-refractivity contribution < 1.29 is 27.8 Å². The molecule has 0 aliphatic carbocycles. The van der Waals surface area contributed by atoms with Crippen molar-refractivity contribution in [2.75, 3.05) is 11.9 Å². The van der Waals surface area contributed by atoms with Crippen LogP contribution in [-0.2, 0) is 20.7 Å². The molecule has 0 radical (unpaired) electrons. The third-order valence-corrected chi connectivity index (χ3v) is 4.16. The first-order chi connectivity index (χ1) is 12.8. The molecule has 0 aliphatic rings. The number of esters is 1. The summed E-state index contributed by atoms with van der Waals surface area (Å²) in [6, 6.07) is 5.49. The van der Waals surface area contributed by atoms with Crippen molar-refractivity contribution in [1.29, 1.82) is 0 Å². The van der Waals surface area contributed by atoms with E-state index in [4.69, 9.17) is 27.9 Å². The smallest absolute Gasteiger partial charge is 0.387 e. The molecular formula is C17H14Cl2F2N2O4. The van der Waals surface area contributed by atoms with Gasteiger partial charge in [-0.1, -0.05) is 35.3 Å². The molecule has 0 saturated carbocycles. The quantitative estimate of drug-likeness (QED) is 0.686. The maximum Gasteiger partial charge on any atom is 0.387 e. The third-order valence-electron chi connectivity index (χ3n) is 3.32. The van der Waals surface area contributed by atoms with Crippen molar-refractivity contribution in [3.05, 3.63) is 51.6 Å². The topological polar surface area (TPSA) is 77.5 Å². The number of nitrogens with one attached hydrogen (secondary N) is 1. The Kier molecular flexibility index (Phi) is 7.32. The molecule has 1 heterocycles. The summed E-state index contributed by atoms with van der Waals surface area (Å²) >= 11 is 11.9. The molecule has 0 saturated heterocycles. The summed E-state index contributed by atoms with van der Waals surface area (Å²) in [6.45, 7) is -1.79.